The van der Waals surface area contributed by atoms with Gasteiger partial charge in [0, 0.05) is 26.1 Å². The lowest BCUT2D eigenvalue weighted by atomic mass is 10.1. The fourth-order valence-corrected chi connectivity index (χ4v) is 5.10. The monoisotopic (exact) mass is 754 g/mol. The van der Waals surface area contributed by atoms with Gasteiger partial charge in [0.15, 0.2) is 0 Å². The van der Waals surface area contributed by atoms with Crippen molar-refractivity contribution in [2.45, 2.75) is 122 Å². The van der Waals surface area contributed by atoms with Crippen molar-refractivity contribution in [3.05, 3.63) is 12.2 Å². The molecule has 0 rings (SSSR count). The minimum Gasteiger partial charge on any atom is -0.481 e. The Bertz CT molecular complexity index is 914. The normalized spacial score (nSPS) is 12.5. The van der Waals surface area contributed by atoms with Crippen LogP contribution in [-0.4, -0.2) is 124 Å². The third-order valence-corrected chi connectivity index (χ3v) is 8.13. The van der Waals surface area contributed by atoms with E-state index in [-0.39, 0.29) is 31.7 Å². The Morgan fingerprint density at radius 2 is 1.10 bits per heavy atom. The lowest BCUT2D eigenvalue weighted by Crippen LogP contribution is -2.27. The van der Waals surface area contributed by atoms with E-state index in [0.29, 0.717) is 85.5 Å². The molecule has 0 spiro atoms. The Morgan fingerprint density at radius 3 is 1.71 bits per heavy atom. The first-order chi connectivity index (χ1) is 24.7. The topological polar surface area (TPSA) is 162 Å². The molecule has 14 heteroatoms. The van der Waals surface area contributed by atoms with Crippen LogP contribution in [0, 0.1) is 0 Å². The van der Waals surface area contributed by atoms with E-state index >= 15 is 0 Å². The van der Waals surface area contributed by atoms with E-state index in [1.807, 2.05) is 6.08 Å². The number of carboxylic acids is 1. The fraction of sp³-hybridized carbons (Fsp3) is 0.892. The maximum absolute atomic E-state index is 11.9. The second-order valence-corrected chi connectivity index (χ2v) is 14.1. The number of ether oxygens (including phenoxy) is 7. The molecule has 13 nitrogen and oxygen atoms in total. The van der Waals surface area contributed by atoms with Crippen molar-refractivity contribution in [3.63, 3.8) is 0 Å². The number of carboxylic acid groups (broad SMARTS) is 1. The predicted molar refractivity (Wildman–Crippen MR) is 197 cm³/mol. The van der Waals surface area contributed by atoms with E-state index in [1.165, 1.54) is 25.7 Å². The van der Waals surface area contributed by atoms with E-state index in [4.69, 9.17) is 38.3 Å². The Kier molecular flexibility index (Phi) is 36.9. The Morgan fingerprint density at radius 1 is 0.588 bits per heavy atom. The molecular weight excluding hydrogens is 684 g/mol. The maximum atomic E-state index is 11.9. The van der Waals surface area contributed by atoms with Crippen LogP contribution in [0.1, 0.15) is 116 Å². The second-order valence-electron chi connectivity index (χ2n) is 12.4. The van der Waals surface area contributed by atoms with E-state index in [2.05, 4.69) is 17.2 Å². The fourth-order valence-electron chi connectivity index (χ4n) is 4.73. The number of allylic oxidation sites excluding steroid dienone is 1. The number of carbonyl (C=O) groups is 2. The van der Waals surface area contributed by atoms with Crippen LogP contribution in [0.15, 0.2) is 12.2 Å². The molecular formula is C37H70O13S. The highest BCUT2D eigenvalue weighted by molar-refractivity contribution is 7.85. The Hall–Kier alpha value is -1.65. The standard InChI is InChI=1S/C37H70O13S/c1-3-4-5-6-7-13-19-24-49-37(40)21-16-11-9-14-18-23-48-35(33-46-22-17-12-8-10-15-20-36(38)39)34-47-30-29-44-26-25-43-27-28-45-31-32-50-51(2,41)42/h13,19,35H,3-12,14-18,20-34H2,1-2H3,(H,38,39)/b19-13-. The molecule has 0 aromatic heterocycles. The summed E-state index contributed by atoms with van der Waals surface area (Å²) in [6.45, 7) is 7.14. The molecule has 51 heavy (non-hydrogen) atoms. The average molecular weight is 755 g/mol. The molecule has 0 fully saturated rings. The molecule has 0 bridgehead atoms. The summed E-state index contributed by atoms with van der Waals surface area (Å²) < 4.78 is 65.6. The van der Waals surface area contributed by atoms with Gasteiger partial charge in [-0.2, -0.15) is 8.42 Å². The summed E-state index contributed by atoms with van der Waals surface area (Å²) in [5.74, 6) is -0.875. The minimum absolute atomic E-state index is 0.0177. The first-order valence-electron chi connectivity index (χ1n) is 19.1. The molecule has 1 unspecified atom stereocenters. The van der Waals surface area contributed by atoms with Gasteiger partial charge in [-0.05, 0) is 38.5 Å². The summed E-state index contributed by atoms with van der Waals surface area (Å²) >= 11 is 0. The molecule has 0 amide bonds. The van der Waals surface area contributed by atoms with E-state index < -0.39 is 16.1 Å². The van der Waals surface area contributed by atoms with Crippen LogP contribution in [0.5, 0.6) is 0 Å². The van der Waals surface area contributed by atoms with Crippen LogP contribution in [-0.2, 0) is 57.0 Å². The molecule has 1 atom stereocenters. The van der Waals surface area contributed by atoms with Gasteiger partial charge in [0.1, 0.15) is 12.7 Å². The van der Waals surface area contributed by atoms with Crippen LogP contribution in [0.3, 0.4) is 0 Å². The molecule has 0 aliphatic heterocycles. The first kappa shape index (κ1) is 49.4. The van der Waals surface area contributed by atoms with Crippen molar-refractivity contribution in [1.82, 2.24) is 0 Å². The molecule has 0 radical (unpaired) electrons. The van der Waals surface area contributed by atoms with E-state index in [0.717, 1.165) is 70.5 Å². The molecule has 0 aromatic carbocycles. The van der Waals surface area contributed by atoms with Gasteiger partial charge in [-0.25, -0.2) is 0 Å². The molecule has 0 aliphatic carbocycles. The molecule has 0 saturated carbocycles. The zero-order valence-electron chi connectivity index (χ0n) is 31.7. The summed E-state index contributed by atoms with van der Waals surface area (Å²) in [7, 11) is -3.45. The van der Waals surface area contributed by atoms with Gasteiger partial charge in [-0.15, -0.1) is 0 Å². The lowest BCUT2D eigenvalue weighted by Gasteiger charge is -2.18. The van der Waals surface area contributed by atoms with Crippen LogP contribution < -0.4 is 0 Å². The van der Waals surface area contributed by atoms with Crippen molar-refractivity contribution in [2.24, 2.45) is 0 Å². The number of esters is 1. The molecule has 0 saturated heterocycles. The zero-order valence-corrected chi connectivity index (χ0v) is 32.5. The number of carbonyl (C=O) groups excluding carboxylic acids is 1. The first-order valence-corrected chi connectivity index (χ1v) is 20.9. The van der Waals surface area contributed by atoms with Gasteiger partial charge in [-0.1, -0.05) is 76.9 Å². The zero-order chi connectivity index (χ0) is 37.5. The Labute approximate surface area is 308 Å². The van der Waals surface area contributed by atoms with Crippen LogP contribution in [0.2, 0.25) is 0 Å². The third kappa shape index (κ3) is 42.7. The average Bonchev–Trinajstić information content (AvgIpc) is 3.08. The SMILES string of the molecule is CCCCCC/C=C\COC(=O)CCCCCCCOC(COCCCCCCCC(=O)O)COCCOCCOCCOCCOS(C)(=O)=O. The van der Waals surface area contributed by atoms with Crippen molar-refractivity contribution in [2.75, 3.05) is 92.1 Å². The molecule has 0 aromatic rings. The van der Waals surface area contributed by atoms with Gasteiger partial charge in [0.05, 0.1) is 72.3 Å². The van der Waals surface area contributed by atoms with Crippen molar-refractivity contribution in [1.29, 1.82) is 0 Å². The summed E-state index contributed by atoms with van der Waals surface area (Å²) in [5, 5.41) is 8.74. The van der Waals surface area contributed by atoms with Gasteiger partial charge >= 0.3 is 11.9 Å². The van der Waals surface area contributed by atoms with Crippen LogP contribution >= 0.6 is 0 Å². The molecule has 302 valence electrons. The molecule has 0 aliphatic rings. The van der Waals surface area contributed by atoms with Gasteiger partial charge in [-0.3, -0.25) is 13.8 Å². The number of unbranched alkanes of at least 4 members (excludes halogenated alkanes) is 12. The molecule has 1 N–H and O–H groups in total. The lowest BCUT2D eigenvalue weighted by molar-refractivity contribution is -0.142. The summed E-state index contributed by atoms with van der Waals surface area (Å²) in [6.07, 6.45) is 20.9. The predicted octanol–water partition coefficient (Wildman–Crippen LogP) is 6.27. The van der Waals surface area contributed by atoms with Gasteiger partial charge < -0.3 is 38.3 Å². The Balaban J connectivity index is 4.03. The molecule has 0 heterocycles. The van der Waals surface area contributed by atoms with E-state index in [1.54, 1.807) is 0 Å². The smallest absolute Gasteiger partial charge is 0.306 e. The maximum Gasteiger partial charge on any atom is 0.306 e. The number of rotatable bonds is 41. The summed E-state index contributed by atoms with van der Waals surface area (Å²) in [5.41, 5.74) is 0. The highest BCUT2D eigenvalue weighted by atomic mass is 32.2. The number of hydrogen-bond acceptors (Lipinski definition) is 12. The van der Waals surface area contributed by atoms with Gasteiger partial charge in [0.2, 0.25) is 0 Å². The summed E-state index contributed by atoms with van der Waals surface area (Å²) in [4.78, 5) is 22.6. The number of aliphatic carboxylic acids is 1. The second kappa shape index (κ2) is 38.1. The highest BCUT2D eigenvalue weighted by Gasteiger charge is 2.11. The highest BCUT2D eigenvalue weighted by Crippen LogP contribution is 2.09. The van der Waals surface area contributed by atoms with E-state index in [9.17, 15) is 18.0 Å². The van der Waals surface area contributed by atoms with Gasteiger partial charge in [0.25, 0.3) is 10.1 Å². The number of hydrogen-bond donors (Lipinski definition) is 1. The van der Waals surface area contributed by atoms with Crippen molar-refractivity contribution < 1.29 is 60.5 Å². The summed E-state index contributed by atoms with van der Waals surface area (Å²) in [6, 6.07) is 0. The quantitative estimate of drug-likeness (QED) is 0.0322. The minimum atomic E-state index is -3.45. The third-order valence-electron chi connectivity index (χ3n) is 7.54. The van der Waals surface area contributed by atoms with Crippen LogP contribution in [0.25, 0.3) is 0 Å². The van der Waals surface area contributed by atoms with Crippen LogP contribution in [0.4, 0.5) is 0 Å². The largest absolute Gasteiger partial charge is 0.481 e. The van der Waals surface area contributed by atoms with Crippen molar-refractivity contribution in [3.8, 4) is 0 Å². The van der Waals surface area contributed by atoms with Crippen molar-refractivity contribution >= 4 is 22.1 Å².